The molecular formula is C20H27N4O2S2+. The van der Waals surface area contributed by atoms with E-state index in [-0.39, 0.29) is 0 Å². The standard InChI is InChI=1S/C20H26N4O2S2/c1-5-26-17-9-8-15(11-18(17)25-4)13-22(2)14-24-20(27)23(3)19(21-24)12-16-7-6-10-28-16/h6-11H,5,12-14H2,1-4H3/p+1. The summed E-state index contributed by atoms with van der Waals surface area (Å²) in [6.07, 6.45) is 0.805. The molecule has 0 amide bonds. The van der Waals surface area contributed by atoms with Gasteiger partial charge in [0, 0.05) is 23.9 Å². The zero-order valence-corrected chi connectivity index (χ0v) is 18.4. The van der Waals surface area contributed by atoms with Crippen molar-refractivity contribution in [3.8, 4) is 11.5 Å². The summed E-state index contributed by atoms with van der Waals surface area (Å²) in [6.45, 7) is 4.12. The van der Waals surface area contributed by atoms with Gasteiger partial charge in [0.15, 0.2) is 18.2 Å². The van der Waals surface area contributed by atoms with Gasteiger partial charge in [0.25, 0.3) is 0 Å². The Morgan fingerprint density at radius 2 is 2.07 bits per heavy atom. The van der Waals surface area contributed by atoms with Crippen LogP contribution in [0, 0.1) is 4.77 Å². The first-order valence-corrected chi connectivity index (χ1v) is 10.6. The number of quaternary nitrogens is 1. The average Bonchev–Trinajstić information content (AvgIpc) is 3.28. The summed E-state index contributed by atoms with van der Waals surface area (Å²) in [5.74, 6) is 2.53. The number of hydrogen-bond donors (Lipinski definition) is 1. The summed E-state index contributed by atoms with van der Waals surface area (Å²) < 4.78 is 15.7. The van der Waals surface area contributed by atoms with Gasteiger partial charge in [-0.25, -0.2) is 0 Å². The fraction of sp³-hybridized carbons (Fsp3) is 0.400. The highest BCUT2D eigenvalue weighted by atomic mass is 32.1. The molecule has 8 heteroatoms. The molecule has 1 atom stereocenters. The largest absolute Gasteiger partial charge is 0.493 e. The van der Waals surface area contributed by atoms with E-state index >= 15 is 0 Å². The second-order valence-electron chi connectivity index (χ2n) is 6.72. The Kier molecular flexibility index (Phi) is 6.88. The Morgan fingerprint density at radius 3 is 2.75 bits per heavy atom. The van der Waals surface area contributed by atoms with Gasteiger partial charge in [-0.3, -0.25) is 0 Å². The van der Waals surface area contributed by atoms with Crippen LogP contribution >= 0.6 is 23.6 Å². The molecule has 0 radical (unpaired) electrons. The molecule has 0 aliphatic heterocycles. The Hall–Kier alpha value is -2.16. The maximum absolute atomic E-state index is 5.60. The van der Waals surface area contributed by atoms with Crippen molar-refractivity contribution in [2.45, 2.75) is 26.6 Å². The first-order valence-electron chi connectivity index (χ1n) is 9.28. The molecule has 3 aromatic rings. The third-order valence-corrected chi connectivity index (χ3v) is 5.86. The lowest BCUT2D eigenvalue weighted by atomic mass is 10.2. The molecule has 0 fully saturated rings. The molecule has 6 nitrogen and oxygen atoms in total. The van der Waals surface area contributed by atoms with Gasteiger partial charge in [0.05, 0.1) is 20.8 Å². The van der Waals surface area contributed by atoms with E-state index in [4.69, 9.17) is 26.8 Å². The maximum Gasteiger partial charge on any atom is 0.202 e. The van der Waals surface area contributed by atoms with Gasteiger partial charge in [0.1, 0.15) is 12.4 Å². The van der Waals surface area contributed by atoms with Crippen LogP contribution in [0.4, 0.5) is 0 Å². The number of thiophene rings is 1. The zero-order chi connectivity index (χ0) is 20.1. The van der Waals surface area contributed by atoms with Gasteiger partial charge in [-0.15, -0.1) is 11.3 Å². The van der Waals surface area contributed by atoms with Gasteiger partial charge in [-0.05, 0) is 48.8 Å². The molecular weight excluding hydrogens is 392 g/mol. The highest BCUT2D eigenvalue weighted by molar-refractivity contribution is 7.71. The van der Waals surface area contributed by atoms with Crippen LogP contribution in [0.1, 0.15) is 23.2 Å². The minimum atomic E-state index is 0.618. The first-order chi connectivity index (χ1) is 13.5. The normalized spacial score (nSPS) is 12.1. The highest BCUT2D eigenvalue weighted by Crippen LogP contribution is 2.27. The SMILES string of the molecule is CCOc1ccc(C[NH+](C)Cn2nc(Cc3cccs3)n(C)c2=S)cc1OC. The average molecular weight is 420 g/mol. The third-order valence-electron chi connectivity index (χ3n) is 4.50. The summed E-state index contributed by atoms with van der Waals surface area (Å²) in [6, 6.07) is 10.3. The molecule has 1 aromatic carbocycles. The van der Waals surface area contributed by atoms with Crippen LogP contribution in [0.5, 0.6) is 11.5 Å². The number of ether oxygens (including phenoxy) is 2. The van der Waals surface area contributed by atoms with E-state index < -0.39 is 0 Å². The number of methoxy groups -OCH3 is 1. The summed E-state index contributed by atoms with van der Waals surface area (Å²) in [5, 5.41) is 6.84. The van der Waals surface area contributed by atoms with Crippen molar-refractivity contribution in [2.75, 3.05) is 20.8 Å². The third kappa shape index (κ3) is 4.81. The van der Waals surface area contributed by atoms with Crippen LogP contribution < -0.4 is 14.4 Å². The summed E-state index contributed by atoms with van der Waals surface area (Å²) in [5.41, 5.74) is 1.18. The fourth-order valence-corrected chi connectivity index (χ4v) is 4.03. The lowest BCUT2D eigenvalue weighted by molar-refractivity contribution is -0.917. The number of benzene rings is 1. The maximum atomic E-state index is 5.60. The minimum Gasteiger partial charge on any atom is -0.493 e. The van der Waals surface area contributed by atoms with E-state index in [0.29, 0.717) is 13.3 Å². The molecule has 0 saturated heterocycles. The molecule has 2 heterocycles. The molecule has 0 saturated carbocycles. The van der Waals surface area contributed by atoms with Crippen molar-refractivity contribution in [1.82, 2.24) is 14.3 Å². The fourth-order valence-electron chi connectivity index (χ4n) is 3.12. The van der Waals surface area contributed by atoms with Crippen molar-refractivity contribution >= 4 is 23.6 Å². The Balaban J connectivity index is 1.69. The molecule has 0 aliphatic rings. The van der Waals surface area contributed by atoms with Crippen molar-refractivity contribution in [3.05, 3.63) is 56.7 Å². The second-order valence-corrected chi connectivity index (χ2v) is 8.12. The zero-order valence-electron chi connectivity index (χ0n) is 16.8. The molecule has 1 N–H and O–H groups in total. The van der Waals surface area contributed by atoms with Crippen LogP contribution in [-0.2, 0) is 26.7 Å². The molecule has 1 unspecified atom stereocenters. The van der Waals surface area contributed by atoms with Gasteiger partial charge in [-0.2, -0.15) is 9.78 Å². The molecule has 3 rings (SSSR count). The van der Waals surface area contributed by atoms with E-state index in [1.54, 1.807) is 18.4 Å². The van der Waals surface area contributed by atoms with E-state index in [1.165, 1.54) is 15.3 Å². The van der Waals surface area contributed by atoms with Gasteiger partial charge in [-0.1, -0.05) is 6.07 Å². The Morgan fingerprint density at radius 1 is 1.25 bits per heavy atom. The molecule has 28 heavy (non-hydrogen) atoms. The topological polar surface area (TPSA) is 45.7 Å². The smallest absolute Gasteiger partial charge is 0.202 e. The Bertz CT molecular complexity index is 963. The highest BCUT2D eigenvalue weighted by Gasteiger charge is 2.14. The minimum absolute atomic E-state index is 0.618. The lowest BCUT2D eigenvalue weighted by Gasteiger charge is -2.15. The predicted molar refractivity (Wildman–Crippen MR) is 114 cm³/mol. The molecule has 2 aromatic heterocycles. The van der Waals surface area contributed by atoms with Crippen molar-refractivity contribution in [2.24, 2.45) is 7.05 Å². The predicted octanol–water partition coefficient (Wildman–Crippen LogP) is 2.68. The number of hydrogen-bond acceptors (Lipinski definition) is 5. The van der Waals surface area contributed by atoms with Crippen molar-refractivity contribution in [1.29, 1.82) is 0 Å². The van der Waals surface area contributed by atoms with E-state index in [2.05, 4.69) is 30.6 Å². The van der Waals surface area contributed by atoms with Crippen LogP contribution in [0.3, 0.4) is 0 Å². The van der Waals surface area contributed by atoms with E-state index in [0.717, 1.165) is 35.1 Å². The Labute approximate surface area is 174 Å². The van der Waals surface area contributed by atoms with Crippen LogP contribution in [-0.4, -0.2) is 35.1 Å². The second kappa shape index (κ2) is 9.36. The summed E-state index contributed by atoms with van der Waals surface area (Å²) >= 11 is 7.34. The van der Waals surface area contributed by atoms with E-state index in [1.807, 2.05) is 35.4 Å². The number of aromatic nitrogens is 3. The molecule has 150 valence electrons. The van der Waals surface area contributed by atoms with Gasteiger partial charge in [0.2, 0.25) is 4.77 Å². The quantitative estimate of drug-likeness (QED) is 0.542. The van der Waals surface area contributed by atoms with Crippen LogP contribution in [0.15, 0.2) is 35.7 Å². The summed E-state index contributed by atoms with van der Waals surface area (Å²) in [4.78, 5) is 2.57. The van der Waals surface area contributed by atoms with Gasteiger partial charge >= 0.3 is 0 Å². The molecule has 0 spiro atoms. The number of rotatable bonds is 9. The lowest BCUT2D eigenvalue weighted by Crippen LogP contribution is -3.07. The summed E-state index contributed by atoms with van der Waals surface area (Å²) in [7, 11) is 5.79. The molecule has 0 aliphatic carbocycles. The van der Waals surface area contributed by atoms with Crippen molar-refractivity contribution in [3.63, 3.8) is 0 Å². The number of nitrogens with zero attached hydrogens (tertiary/aromatic N) is 3. The van der Waals surface area contributed by atoms with Crippen LogP contribution in [0.2, 0.25) is 0 Å². The van der Waals surface area contributed by atoms with Crippen molar-refractivity contribution < 1.29 is 14.4 Å². The van der Waals surface area contributed by atoms with Gasteiger partial charge < -0.3 is 18.9 Å². The monoisotopic (exact) mass is 419 g/mol. The first kappa shape index (κ1) is 20.6. The number of nitrogens with one attached hydrogen (secondary N) is 1. The van der Waals surface area contributed by atoms with E-state index in [9.17, 15) is 0 Å². The van der Waals surface area contributed by atoms with Crippen LogP contribution in [0.25, 0.3) is 0 Å². The molecule has 0 bridgehead atoms.